The molecule has 0 unspecified atom stereocenters. The van der Waals surface area contributed by atoms with Gasteiger partial charge in [0.2, 0.25) is 0 Å². The summed E-state index contributed by atoms with van der Waals surface area (Å²) in [5.41, 5.74) is 1.97. The number of rotatable bonds is 5. The molecule has 0 aliphatic rings. The molecule has 0 aromatic carbocycles. The second-order valence-corrected chi connectivity index (χ2v) is 2.72. The number of nitrogens with zero attached hydrogens (tertiary/aromatic N) is 1. The topological polar surface area (TPSA) is 77.5 Å². The molecule has 0 radical (unpaired) electrons. The Bertz CT molecular complexity index is 363. The Balaban J connectivity index is 2.30. The van der Waals surface area contributed by atoms with Gasteiger partial charge in [0, 0.05) is 0 Å². The molecule has 1 rings (SSSR count). The third kappa shape index (κ3) is 4.28. The zero-order valence-electron chi connectivity index (χ0n) is 7.78. The molecule has 0 fully saturated rings. The lowest BCUT2D eigenvalue weighted by atomic mass is 10.4. The summed E-state index contributed by atoms with van der Waals surface area (Å²) >= 11 is 0. The van der Waals surface area contributed by atoms with Crippen molar-refractivity contribution >= 4 is 5.88 Å². The van der Waals surface area contributed by atoms with E-state index in [0.29, 0.717) is 0 Å². The van der Waals surface area contributed by atoms with E-state index in [1.165, 1.54) is 6.07 Å². The maximum Gasteiger partial charge on any atom is 0.433 e. The van der Waals surface area contributed by atoms with E-state index >= 15 is 0 Å². The fraction of sp³-hybridized carbons (Fsp3) is 0.429. The Morgan fingerprint density at radius 3 is 2.69 bits per heavy atom. The number of furan rings is 1. The quantitative estimate of drug-likeness (QED) is 0.482. The molecule has 0 atom stereocenters. The Morgan fingerprint density at radius 2 is 2.19 bits per heavy atom. The van der Waals surface area contributed by atoms with E-state index in [9.17, 15) is 23.3 Å². The molecule has 0 saturated heterocycles. The number of nitro groups is 1. The summed E-state index contributed by atoms with van der Waals surface area (Å²) in [6.45, 7) is -1.64. The molecule has 0 saturated carbocycles. The molecular formula is C7H7F3N2O4. The highest BCUT2D eigenvalue weighted by molar-refractivity contribution is 5.17. The van der Waals surface area contributed by atoms with Crippen LogP contribution in [0.1, 0.15) is 5.76 Å². The van der Waals surface area contributed by atoms with Crippen molar-refractivity contribution in [3.63, 3.8) is 0 Å². The van der Waals surface area contributed by atoms with Crippen LogP contribution in [0.5, 0.6) is 0 Å². The lowest BCUT2D eigenvalue weighted by molar-refractivity contribution is -0.402. The molecule has 0 aliphatic heterocycles. The molecule has 6 nitrogen and oxygen atoms in total. The van der Waals surface area contributed by atoms with Gasteiger partial charge in [0.25, 0.3) is 0 Å². The molecule has 1 N–H and O–H groups in total. The van der Waals surface area contributed by atoms with E-state index in [1.54, 1.807) is 0 Å². The van der Waals surface area contributed by atoms with E-state index in [1.807, 2.05) is 5.48 Å². The van der Waals surface area contributed by atoms with Crippen molar-refractivity contribution < 1.29 is 27.3 Å². The van der Waals surface area contributed by atoms with Crippen LogP contribution in [0, 0.1) is 10.1 Å². The van der Waals surface area contributed by atoms with E-state index < -0.39 is 23.6 Å². The van der Waals surface area contributed by atoms with E-state index in [4.69, 9.17) is 0 Å². The number of halogens is 3. The van der Waals surface area contributed by atoms with Crippen molar-refractivity contribution in [2.24, 2.45) is 0 Å². The first-order valence-electron chi connectivity index (χ1n) is 4.03. The van der Waals surface area contributed by atoms with Crippen molar-refractivity contribution in [1.29, 1.82) is 0 Å². The molecule has 90 valence electrons. The van der Waals surface area contributed by atoms with Crippen LogP contribution >= 0.6 is 0 Å². The Morgan fingerprint density at radius 1 is 1.50 bits per heavy atom. The predicted molar refractivity (Wildman–Crippen MR) is 44.2 cm³/mol. The van der Waals surface area contributed by atoms with Crippen LogP contribution in [-0.2, 0) is 11.4 Å². The van der Waals surface area contributed by atoms with Gasteiger partial charge in [0.05, 0.1) is 12.6 Å². The first kappa shape index (κ1) is 12.5. The summed E-state index contributed by atoms with van der Waals surface area (Å²) in [7, 11) is 0. The molecule has 1 aromatic rings. The van der Waals surface area contributed by atoms with Crippen molar-refractivity contribution in [1.82, 2.24) is 5.48 Å². The fourth-order valence-corrected chi connectivity index (χ4v) is 0.815. The highest BCUT2D eigenvalue weighted by atomic mass is 19.4. The molecule has 1 aromatic heterocycles. The Kier molecular flexibility index (Phi) is 3.85. The first-order valence-corrected chi connectivity index (χ1v) is 4.03. The second kappa shape index (κ2) is 4.94. The van der Waals surface area contributed by atoms with Crippen LogP contribution in [0.4, 0.5) is 19.1 Å². The molecule has 0 spiro atoms. The van der Waals surface area contributed by atoms with Gasteiger partial charge in [-0.25, -0.2) is 0 Å². The fourth-order valence-electron chi connectivity index (χ4n) is 0.815. The van der Waals surface area contributed by atoms with Gasteiger partial charge in [-0.1, -0.05) is 0 Å². The predicted octanol–water partition coefficient (Wildman–Crippen LogP) is 1.77. The van der Waals surface area contributed by atoms with Crippen LogP contribution in [0.3, 0.4) is 0 Å². The zero-order chi connectivity index (χ0) is 12.2. The lowest BCUT2D eigenvalue weighted by Crippen LogP contribution is -2.24. The maximum absolute atomic E-state index is 11.6. The number of hydroxylamine groups is 1. The second-order valence-electron chi connectivity index (χ2n) is 2.72. The number of nitrogens with one attached hydrogen (secondary N) is 1. The van der Waals surface area contributed by atoms with Crippen molar-refractivity contribution in [2.45, 2.75) is 12.7 Å². The smallest absolute Gasteiger partial charge is 0.404 e. The van der Waals surface area contributed by atoms with Crippen LogP contribution in [0.25, 0.3) is 0 Å². The minimum Gasteiger partial charge on any atom is -0.404 e. The van der Waals surface area contributed by atoms with E-state index in [2.05, 4.69) is 9.25 Å². The standard InChI is InChI=1S/C7H7F3N2O4/c8-7(9,10)4-15-11-3-5-1-2-6(16-5)12(13)14/h1-2,11H,3-4H2. The van der Waals surface area contributed by atoms with Gasteiger partial charge in [-0.2, -0.15) is 18.7 Å². The van der Waals surface area contributed by atoms with Gasteiger partial charge in [-0.15, -0.1) is 0 Å². The van der Waals surface area contributed by atoms with Crippen LogP contribution in [0.2, 0.25) is 0 Å². The third-order valence-corrected chi connectivity index (χ3v) is 1.41. The molecule has 9 heteroatoms. The van der Waals surface area contributed by atoms with Gasteiger partial charge in [0.1, 0.15) is 10.7 Å². The molecule has 16 heavy (non-hydrogen) atoms. The molecule has 1 heterocycles. The Labute approximate surface area is 87.1 Å². The molecule has 0 bridgehead atoms. The minimum absolute atomic E-state index is 0.105. The molecular weight excluding hydrogens is 233 g/mol. The molecule has 0 amide bonds. The summed E-state index contributed by atoms with van der Waals surface area (Å²) in [5.74, 6) is -0.374. The first-order chi connectivity index (χ1) is 7.38. The SMILES string of the molecule is O=[N+]([O-])c1ccc(CNOCC(F)(F)F)o1. The largest absolute Gasteiger partial charge is 0.433 e. The van der Waals surface area contributed by atoms with Crippen LogP contribution < -0.4 is 5.48 Å². The van der Waals surface area contributed by atoms with Gasteiger partial charge in [-0.05, 0) is 6.07 Å². The number of hydrogen-bond acceptors (Lipinski definition) is 5. The van der Waals surface area contributed by atoms with E-state index in [0.717, 1.165) is 6.07 Å². The summed E-state index contributed by atoms with van der Waals surface area (Å²) in [4.78, 5) is 13.5. The summed E-state index contributed by atoms with van der Waals surface area (Å²) in [6.07, 6.45) is -4.43. The van der Waals surface area contributed by atoms with Crippen LogP contribution in [0.15, 0.2) is 16.5 Å². The number of alkyl halides is 3. The third-order valence-electron chi connectivity index (χ3n) is 1.41. The Hall–Kier alpha value is -1.61. The summed E-state index contributed by atoms with van der Waals surface area (Å²) < 4.78 is 39.5. The van der Waals surface area contributed by atoms with E-state index in [-0.39, 0.29) is 12.3 Å². The number of hydrogen-bond donors (Lipinski definition) is 1. The van der Waals surface area contributed by atoms with Crippen LogP contribution in [-0.4, -0.2) is 17.7 Å². The van der Waals surface area contributed by atoms with Crippen molar-refractivity contribution in [3.05, 3.63) is 28.0 Å². The lowest BCUT2D eigenvalue weighted by Gasteiger charge is -2.06. The monoisotopic (exact) mass is 240 g/mol. The normalized spacial score (nSPS) is 11.7. The highest BCUT2D eigenvalue weighted by Gasteiger charge is 2.27. The average molecular weight is 240 g/mol. The average Bonchev–Trinajstić information content (AvgIpc) is 2.59. The van der Waals surface area contributed by atoms with Gasteiger partial charge < -0.3 is 4.42 Å². The van der Waals surface area contributed by atoms with Crippen molar-refractivity contribution in [2.75, 3.05) is 6.61 Å². The summed E-state index contributed by atoms with van der Waals surface area (Å²) in [5, 5.41) is 10.2. The maximum atomic E-state index is 11.6. The zero-order valence-corrected chi connectivity index (χ0v) is 7.78. The summed E-state index contributed by atoms with van der Waals surface area (Å²) in [6, 6.07) is 2.36. The van der Waals surface area contributed by atoms with Gasteiger partial charge in [-0.3, -0.25) is 15.0 Å². The highest BCUT2D eigenvalue weighted by Crippen LogP contribution is 2.16. The minimum atomic E-state index is -4.43. The van der Waals surface area contributed by atoms with Gasteiger partial charge >= 0.3 is 12.1 Å². The van der Waals surface area contributed by atoms with Gasteiger partial charge in [0.15, 0.2) is 6.61 Å². The van der Waals surface area contributed by atoms with Crippen molar-refractivity contribution in [3.8, 4) is 0 Å². The molecule has 0 aliphatic carbocycles.